The van der Waals surface area contributed by atoms with Crippen molar-refractivity contribution in [1.82, 2.24) is 19.4 Å². The summed E-state index contributed by atoms with van der Waals surface area (Å²) in [6.45, 7) is 14.0. The summed E-state index contributed by atoms with van der Waals surface area (Å²) in [6.07, 6.45) is 1.22. The Bertz CT molecular complexity index is 1080. The summed E-state index contributed by atoms with van der Waals surface area (Å²) in [6, 6.07) is 12.8. The Morgan fingerprint density at radius 1 is 1.06 bits per heavy atom. The minimum atomic E-state index is 0.844. The van der Waals surface area contributed by atoms with Crippen molar-refractivity contribution in [3.8, 4) is 11.5 Å². The first kappa shape index (κ1) is 24.0. The summed E-state index contributed by atoms with van der Waals surface area (Å²) in [7, 11) is 2.18. The van der Waals surface area contributed by atoms with Crippen LogP contribution in [-0.2, 0) is 0 Å². The average molecular weight is 469 g/mol. The van der Waals surface area contributed by atoms with Crippen molar-refractivity contribution in [1.29, 1.82) is 0 Å². The molecule has 1 aromatic rings. The molecule has 0 amide bonds. The number of hydrogen-bond donors (Lipinski definition) is 1. The van der Waals surface area contributed by atoms with Crippen molar-refractivity contribution in [2.75, 3.05) is 76.6 Å². The second-order valence-electron chi connectivity index (χ2n) is 8.90. The Labute approximate surface area is 203 Å². The molecule has 0 radical (unpaired) electrons. The van der Waals surface area contributed by atoms with Gasteiger partial charge in [0.1, 0.15) is 11.2 Å². The van der Waals surface area contributed by atoms with Crippen molar-refractivity contribution in [2.24, 2.45) is 0 Å². The molecular weight excluding hydrogens is 430 g/mol. The molecule has 4 rings (SSSR count). The first-order chi connectivity index (χ1) is 16.1. The van der Waals surface area contributed by atoms with Gasteiger partial charge in [0, 0.05) is 43.2 Å². The van der Waals surface area contributed by atoms with Crippen LogP contribution in [0.2, 0.25) is 0 Å². The third-order valence-electron chi connectivity index (χ3n) is 6.71. The predicted molar refractivity (Wildman–Crippen MR) is 142 cm³/mol. The molecule has 0 aromatic heterocycles. The fourth-order valence-corrected chi connectivity index (χ4v) is 5.00. The third-order valence-corrected chi connectivity index (χ3v) is 6.91. The zero-order valence-electron chi connectivity index (χ0n) is 20.3. The molecule has 0 unspecified atom stereocenters. The topological polar surface area (TPSA) is 38.8 Å². The number of hydrogen-bond acceptors (Lipinski definition) is 6. The van der Waals surface area contributed by atoms with Crippen LogP contribution in [-0.4, -0.2) is 86.5 Å². The van der Waals surface area contributed by atoms with Crippen LogP contribution < -0.4 is 14.8 Å². The summed E-state index contributed by atoms with van der Waals surface area (Å²) >= 11 is 4.32. The number of nitrogens with zero attached hydrogens (tertiary/aromatic N) is 5. The van der Waals surface area contributed by atoms with E-state index < -0.39 is 0 Å². The molecule has 1 aromatic carbocycles. The lowest BCUT2D eigenvalue weighted by Crippen LogP contribution is -2.48. The van der Waals surface area contributed by atoms with E-state index in [1.54, 1.807) is 0 Å². The van der Waals surface area contributed by atoms with Crippen LogP contribution in [0.5, 0.6) is 0 Å². The number of piperazine rings is 1. The summed E-state index contributed by atoms with van der Waals surface area (Å²) in [5.74, 6) is 1.78. The van der Waals surface area contributed by atoms with Gasteiger partial charge in [-0.25, -0.2) is 9.56 Å². The van der Waals surface area contributed by atoms with Crippen molar-refractivity contribution >= 4 is 29.4 Å². The van der Waals surface area contributed by atoms with Crippen LogP contribution in [0.4, 0.5) is 5.69 Å². The molecule has 1 aliphatic carbocycles. The number of anilines is 1. The minimum Gasteiger partial charge on any atom is -0.452 e. The summed E-state index contributed by atoms with van der Waals surface area (Å²) < 4.78 is 8.80. The SMILES string of the molecule is CCN(CC)c1ccc2nc3ccc(=[N+]4CCN(CCCN(C)CCS)CC4)cc-3oc2c1. The Morgan fingerprint density at radius 3 is 2.58 bits per heavy atom. The predicted octanol–water partition coefficient (Wildman–Crippen LogP) is 3.12. The van der Waals surface area contributed by atoms with E-state index in [2.05, 4.69) is 89.2 Å². The van der Waals surface area contributed by atoms with Gasteiger partial charge in [-0.2, -0.15) is 12.6 Å². The van der Waals surface area contributed by atoms with Gasteiger partial charge >= 0.3 is 0 Å². The maximum atomic E-state index is 6.34. The molecule has 1 saturated heterocycles. The molecule has 178 valence electrons. The van der Waals surface area contributed by atoms with Gasteiger partial charge in [0.2, 0.25) is 5.36 Å². The van der Waals surface area contributed by atoms with Crippen LogP contribution in [0.25, 0.3) is 22.6 Å². The fraction of sp³-hybridized carbons (Fsp3) is 0.538. The normalized spacial score (nSPS) is 15.1. The number of rotatable bonds is 9. The second kappa shape index (κ2) is 11.4. The third kappa shape index (κ3) is 5.89. The molecule has 3 aliphatic rings. The van der Waals surface area contributed by atoms with Crippen molar-refractivity contribution < 1.29 is 4.42 Å². The Kier molecular flexibility index (Phi) is 8.28. The monoisotopic (exact) mass is 468 g/mol. The van der Waals surface area contributed by atoms with E-state index in [1.807, 2.05) is 0 Å². The van der Waals surface area contributed by atoms with E-state index in [4.69, 9.17) is 9.40 Å². The zero-order valence-corrected chi connectivity index (χ0v) is 21.2. The van der Waals surface area contributed by atoms with Crippen LogP contribution in [0, 0.1) is 0 Å². The molecule has 33 heavy (non-hydrogen) atoms. The molecule has 0 saturated carbocycles. The number of fused-ring (bicyclic) bond motifs is 2. The smallest absolute Gasteiger partial charge is 0.203 e. The van der Waals surface area contributed by atoms with Gasteiger partial charge in [-0.05, 0) is 58.6 Å². The Morgan fingerprint density at radius 2 is 1.85 bits per heavy atom. The standard InChI is InChI=1S/C26H37N5OS/c1-4-30(5-2)21-7-9-23-25(19-21)32-26-20-22(8-10-24(26)27-23)31-15-13-29(14-16-31)12-6-11-28(3)17-18-33/h7-10,19-20H,4-6,11-18H2,1-3H3/p+1. The molecule has 0 atom stereocenters. The van der Waals surface area contributed by atoms with Crippen LogP contribution in [0.1, 0.15) is 20.3 Å². The molecule has 2 aliphatic heterocycles. The summed E-state index contributed by atoms with van der Waals surface area (Å²) in [5.41, 5.74) is 3.84. The molecule has 0 spiro atoms. The lowest BCUT2D eigenvalue weighted by molar-refractivity contribution is 0.209. The molecule has 0 bridgehead atoms. The zero-order chi connectivity index (χ0) is 23.2. The highest BCUT2D eigenvalue weighted by molar-refractivity contribution is 7.80. The van der Waals surface area contributed by atoms with Gasteiger partial charge in [0.25, 0.3) is 0 Å². The van der Waals surface area contributed by atoms with Gasteiger partial charge in [0.15, 0.2) is 24.4 Å². The van der Waals surface area contributed by atoms with Crippen LogP contribution >= 0.6 is 12.6 Å². The second-order valence-corrected chi connectivity index (χ2v) is 9.35. The molecule has 7 heteroatoms. The van der Waals surface area contributed by atoms with E-state index in [9.17, 15) is 0 Å². The van der Waals surface area contributed by atoms with Crippen molar-refractivity contribution in [2.45, 2.75) is 20.3 Å². The molecule has 6 nitrogen and oxygen atoms in total. The maximum Gasteiger partial charge on any atom is 0.203 e. The van der Waals surface area contributed by atoms with Gasteiger partial charge in [-0.15, -0.1) is 0 Å². The molecular formula is C26H38N5OS+. The maximum absolute atomic E-state index is 6.34. The largest absolute Gasteiger partial charge is 0.452 e. The minimum absolute atomic E-state index is 0.844. The molecule has 1 fully saturated rings. The van der Waals surface area contributed by atoms with E-state index >= 15 is 0 Å². The van der Waals surface area contributed by atoms with Gasteiger partial charge < -0.3 is 14.2 Å². The van der Waals surface area contributed by atoms with Gasteiger partial charge in [-0.1, -0.05) is 0 Å². The average Bonchev–Trinajstić information content (AvgIpc) is 2.84. The van der Waals surface area contributed by atoms with E-state index in [-0.39, 0.29) is 0 Å². The van der Waals surface area contributed by atoms with Crippen LogP contribution in [0.3, 0.4) is 0 Å². The first-order valence-electron chi connectivity index (χ1n) is 12.3. The number of thiol groups is 1. The summed E-state index contributed by atoms with van der Waals surface area (Å²) in [5, 5.41) is 1.22. The fourth-order valence-electron chi connectivity index (χ4n) is 4.66. The highest BCUT2D eigenvalue weighted by atomic mass is 32.1. The number of aromatic nitrogens is 1. The van der Waals surface area contributed by atoms with Gasteiger partial charge in [0.05, 0.1) is 19.2 Å². The highest BCUT2D eigenvalue weighted by Gasteiger charge is 2.20. The summed E-state index contributed by atoms with van der Waals surface area (Å²) in [4.78, 5) is 12.1. The van der Waals surface area contributed by atoms with E-state index in [0.717, 1.165) is 80.7 Å². The Hall–Kier alpha value is -2.09. The van der Waals surface area contributed by atoms with Crippen LogP contribution in [0.15, 0.2) is 40.8 Å². The highest BCUT2D eigenvalue weighted by Crippen LogP contribution is 2.27. The van der Waals surface area contributed by atoms with Crippen molar-refractivity contribution in [3.63, 3.8) is 0 Å². The quantitative estimate of drug-likeness (QED) is 0.297. The first-order valence-corrected chi connectivity index (χ1v) is 12.9. The van der Waals surface area contributed by atoms with E-state index in [1.165, 1.54) is 24.0 Å². The Balaban J connectivity index is 1.49. The molecule has 0 N–H and O–H groups in total. The van der Waals surface area contributed by atoms with E-state index in [0.29, 0.717) is 0 Å². The van der Waals surface area contributed by atoms with Gasteiger partial charge in [-0.3, -0.25) is 4.90 Å². The van der Waals surface area contributed by atoms with Crippen molar-refractivity contribution in [3.05, 3.63) is 41.8 Å². The lowest BCUT2D eigenvalue weighted by atomic mass is 10.2. The lowest BCUT2D eigenvalue weighted by Gasteiger charge is -2.26. The number of benzene rings is 2. The molecule has 2 heterocycles.